The van der Waals surface area contributed by atoms with Crippen LogP contribution in [0.2, 0.25) is 0 Å². The molecular formula is C7H9IO2. The highest BCUT2D eigenvalue weighted by Crippen LogP contribution is 2.17. The van der Waals surface area contributed by atoms with Crippen LogP contribution in [0.1, 0.15) is 19.3 Å². The molecule has 1 aliphatic heterocycles. The molecule has 1 fully saturated rings. The summed E-state index contributed by atoms with van der Waals surface area (Å²) in [6.07, 6.45) is 4.52. The van der Waals surface area contributed by atoms with Gasteiger partial charge in [0.1, 0.15) is 6.10 Å². The molecule has 0 spiro atoms. The minimum absolute atomic E-state index is 0.0492. The van der Waals surface area contributed by atoms with Gasteiger partial charge in [0.05, 0.1) is 0 Å². The van der Waals surface area contributed by atoms with Crippen LogP contribution in [-0.2, 0) is 9.53 Å². The standard InChI is InChI=1S/C7H9IO2/c8-5-1-2-6-3-4-7(9)10-6/h1,5-6H,2-4H2/b5-1+. The van der Waals surface area contributed by atoms with E-state index in [9.17, 15) is 4.79 Å². The van der Waals surface area contributed by atoms with Crippen molar-refractivity contribution in [3.05, 3.63) is 10.2 Å². The fourth-order valence-electron chi connectivity index (χ4n) is 0.952. The summed E-state index contributed by atoms with van der Waals surface area (Å²) in [5.74, 6) is -0.0492. The van der Waals surface area contributed by atoms with Crippen molar-refractivity contribution in [1.82, 2.24) is 0 Å². The van der Waals surface area contributed by atoms with Crippen LogP contribution < -0.4 is 0 Å². The van der Waals surface area contributed by atoms with E-state index in [2.05, 4.69) is 22.6 Å². The number of carbonyl (C=O) groups is 1. The Morgan fingerprint density at radius 3 is 3.10 bits per heavy atom. The molecule has 0 aromatic rings. The summed E-state index contributed by atoms with van der Waals surface area (Å²) in [5.41, 5.74) is 0. The van der Waals surface area contributed by atoms with Gasteiger partial charge in [-0.05, 0) is 10.5 Å². The fraction of sp³-hybridized carbons (Fsp3) is 0.571. The molecule has 0 aromatic carbocycles. The number of rotatable bonds is 2. The Morgan fingerprint density at radius 1 is 1.80 bits per heavy atom. The van der Waals surface area contributed by atoms with Crippen molar-refractivity contribution < 1.29 is 9.53 Å². The molecule has 1 saturated heterocycles. The molecule has 0 amide bonds. The minimum Gasteiger partial charge on any atom is -0.462 e. The van der Waals surface area contributed by atoms with Crippen LogP contribution >= 0.6 is 22.6 Å². The van der Waals surface area contributed by atoms with Gasteiger partial charge in [0.15, 0.2) is 0 Å². The molecule has 1 heterocycles. The lowest BCUT2D eigenvalue weighted by atomic mass is 10.2. The van der Waals surface area contributed by atoms with E-state index in [1.807, 2.05) is 10.2 Å². The van der Waals surface area contributed by atoms with Gasteiger partial charge in [-0.1, -0.05) is 28.7 Å². The first-order valence-corrected chi connectivity index (χ1v) is 4.52. The van der Waals surface area contributed by atoms with E-state index in [0.29, 0.717) is 6.42 Å². The summed E-state index contributed by atoms with van der Waals surface area (Å²) < 4.78 is 6.92. The Morgan fingerprint density at radius 2 is 2.60 bits per heavy atom. The quantitative estimate of drug-likeness (QED) is 0.555. The third kappa shape index (κ3) is 2.28. The fourth-order valence-corrected chi connectivity index (χ4v) is 1.25. The highest BCUT2D eigenvalue weighted by atomic mass is 127. The average molecular weight is 252 g/mol. The largest absolute Gasteiger partial charge is 0.462 e. The predicted octanol–water partition coefficient (Wildman–Crippen LogP) is 2.03. The first kappa shape index (κ1) is 8.04. The van der Waals surface area contributed by atoms with Gasteiger partial charge in [-0.2, -0.15) is 0 Å². The Hall–Kier alpha value is -0.0600. The summed E-state index contributed by atoms with van der Waals surface area (Å²) >= 11 is 2.16. The summed E-state index contributed by atoms with van der Waals surface area (Å²) in [6, 6.07) is 0. The molecule has 0 N–H and O–H groups in total. The van der Waals surface area contributed by atoms with Crippen molar-refractivity contribution in [2.75, 3.05) is 0 Å². The third-order valence-corrected chi connectivity index (χ3v) is 1.97. The predicted molar refractivity (Wildman–Crippen MR) is 46.9 cm³/mol. The van der Waals surface area contributed by atoms with E-state index in [0.717, 1.165) is 12.8 Å². The van der Waals surface area contributed by atoms with Crippen molar-refractivity contribution >= 4 is 28.6 Å². The summed E-state index contributed by atoms with van der Waals surface area (Å²) in [4.78, 5) is 10.6. The van der Waals surface area contributed by atoms with Gasteiger partial charge in [-0.25, -0.2) is 0 Å². The number of esters is 1. The molecule has 1 atom stereocenters. The van der Waals surface area contributed by atoms with Gasteiger partial charge in [-0.3, -0.25) is 4.79 Å². The first-order valence-electron chi connectivity index (χ1n) is 3.27. The normalized spacial score (nSPS) is 25.7. The molecule has 1 unspecified atom stereocenters. The number of hydrogen-bond donors (Lipinski definition) is 0. The van der Waals surface area contributed by atoms with E-state index in [1.54, 1.807) is 0 Å². The van der Waals surface area contributed by atoms with Gasteiger partial charge in [0, 0.05) is 12.8 Å². The maximum atomic E-state index is 10.6. The molecule has 0 radical (unpaired) electrons. The SMILES string of the molecule is O=C1CCC(C/C=C/I)O1. The highest BCUT2D eigenvalue weighted by Gasteiger charge is 2.21. The van der Waals surface area contributed by atoms with Crippen molar-refractivity contribution in [2.24, 2.45) is 0 Å². The third-order valence-electron chi connectivity index (χ3n) is 1.46. The Bertz CT molecular complexity index is 154. The lowest BCUT2D eigenvalue weighted by Crippen LogP contribution is -2.04. The average Bonchev–Trinajstić information content (AvgIpc) is 2.31. The first-order chi connectivity index (χ1) is 4.83. The number of hydrogen-bond acceptors (Lipinski definition) is 2. The Balaban J connectivity index is 2.24. The smallest absolute Gasteiger partial charge is 0.306 e. The number of ether oxygens (including phenoxy) is 1. The zero-order chi connectivity index (χ0) is 7.40. The molecule has 0 aliphatic carbocycles. The number of carbonyl (C=O) groups excluding carboxylic acids is 1. The van der Waals surface area contributed by atoms with Crippen molar-refractivity contribution in [1.29, 1.82) is 0 Å². The van der Waals surface area contributed by atoms with Crippen LogP contribution in [0.25, 0.3) is 0 Å². The number of halogens is 1. The molecule has 10 heavy (non-hydrogen) atoms. The molecule has 0 saturated carbocycles. The van der Waals surface area contributed by atoms with Crippen LogP contribution in [0.15, 0.2) is 10.2 Å². The second-order valence-electron chi connectivity index (χ2n) is 2.25. The monoisotopic (exact) mass is 252 g/mol. The second-order valence-corrected chi connectivity index (χ2v) is 2.97. The van der Waals surface area contributed by atoms with E-state index < -0.39 is 0 Å². The van der Waals surface area contributed by atoms with Crippen molar-refractivity contribution in [3.63, 3.8) is 0 Å². The van der Waals surface area contributed by atoms with Crippen LogP contribution in [0.5, 0.6) is 0 Å². The van der Waals surface area contributed by atoms with E-state index >= 15 is 0 Å². The molecule has 2 nitrogen and oxygen atoms in total. The minimum atomic E-state index is -0.0492. The van der Waals surface area contributed by atoms with Crippen molar-refractivity contribution in [2.45, 2.75) is 25.4 Å². The van der Waals surface area contributed by atoms with Gasteiger partial charge < -0.3 is 4.74 Å². The lowest BCUT2D eigenvalue weighted by Gasteiger charge is -2.03. The van der Waals surface area contributed by atoms with Gasteiger partial charge in [0.25, 0.3) is 0 Å². The zero-order valence-corrected chi connectivity index (χ0v) is 7.71. The Kier molecular flexibility index (Phi) is 3.18. The van der Waals surface area contributed by atoms with E-state index in [4.69, 9.17) is 4.74 Å². The summed E-state index contributed by atoms with van der Waals surface area (Å²) in [7, 11) is 0. The van der Waals surface area contributed by atoms with E-state index in [-0.39, 0.29) is 12.1 Å². The molecule has 1 rings (SSSR count). The molecule has 0 aromatic heterocycles. The molecule has 56 valence electrons. The Labute approximate surface area is 73.8 Å². The lowest BCUT2D eigenvalue weighted by molar-refractivity contribution is -0.141. The van der Waals surface area contributed by atoms with Gasteiger partial charge >= 0.3 is 5.97 Å². The van der Waals surface area contributed by atoms with Crippen LogP contribution in [-0.4, -0.2) is 12.1 Å². The summed E-state index contributed by atoms with van der Waals surface area (Å²) in [5, 5.41) is 0. The molecule has 3 heteroatoms. The number of cyclic esters (lactones) is 1. The second kappa shape index (κ2) is 3.95. The van der Waals surface area contributed by atoms with Crippen molar-refractivity contribution in [3.8, 4) is 0 Å². The van der Waals surface area contributed by atoms with Crippen LogP contribution in [0.4, 0.5) is 0 Å². The molecular weight excluding hydrogens is 243 g/mol. The maximum Gasteiger partial charge on any atom is 0.306 e. The summed E-state index contributed by atoms with van der Waals surface area (Å²) in [6.45, 7) is 0. The molecule has 0 bridgehead atoms. The van der Waals surface area contributed by atoms with Gasteiger partial charge in [-0.15, -0.1) is 0 Å². The molecule has 1 aliphatic rings. The van der Waals surface area contributed by atoms with Crippen LogP contribution in [0.3, 0.4) is 0 Å². The topological polar surface area (TPSA) is 26.3 Å². The van der Waals surface area contributed by atoms with Crippen LogP contribution in [0, 0.1) is 0 Å². The van der Waals surface area contributed by atoms with E-state index in [1.165, 1.54) is 0 Å². The van der Waals surface area contributed by atoms with Gasteiger partial charge in [0.2, 0.25) is 0 Å². The zero-order valence-electron chi connectivity index (χ0n) is 5.55. The highest BCUT2D eigenvalue weighted by molar-refractivity contribution is 14.1. The maximum absolute atomic E-state index is 10.6.